The third-order valence-electron chi connectivity index (χ3n) is 4.51. The van der Waals surface area contributed by atoms with E-state index in [9.17, 15) is 9.59 Å². The molecule has 1 saturated heterocycles. The number of nitrogens with one attached hydrogen (secondary N) is 1. The summed E-state index contributed by atoms with van der Waals surface area (Å²) < 4.78 is 5.11. The van der Waals surface area contributed by atoms with Gasteiger partial charge in [0.25, 0.3) is 11.8 Å². The number of nitrogens with zero attached hydrogens (tertiary/aromatic N) is 1. The van der Waals surface area contributed by atoms with Crippen LogP contribution in [-0.4, -0.2) is 29.3 Å². The van der Waals surface area contributed by atoms with Gasteiger partial charge in [-0.15, -0.1) is 0 Å². The van der Waals surface area contributed by atoms with E-state index in [1.165, 1.54) is 12.7 Å². The molecule has 1 aromatic heterocycles. The fourth-order valence-electron chi connectivity index (χ4n) is 3.22. The zero-order valence-corrected chi connectivity index (χ0v) is 13.8. The number of para-hydroxylation sites is 1. The van der Waals surface area contributed by atoms with Crippen LogP contribution in [-0.2, 0) is 0 Å². The van der Waals surface area contributed by atoms with Crippen LogP contribution in [0.25, 0.3) is 0 Å². The van der Waals surface area contributed by atoms with E-state index in [0.717, 1.165) is 25.8 Å². The predicted molar refractivity (Wildman–Crippen MR) is 92.1 cm³/mol. The Hall–Kier alpha value is -2.56. The molecule has 2 amide bonds. The standard InChI is InChI=1S/C19H22N2O3/c1-2-14-8-5-6-12-21(14)19(23)15-9-3-4-10-16(15)20-18(22)17-11-7-13-24-17/h3-4,7,9-11,13-14H,2,5-6,8,12H2,1H3,(H,20,22)/t14-/m0/s1. The van der Waals surface area contributed by atoms with Crippen LogP contribution in [0.2, 0.25) is 0 Å². The van der Waals surface area contributed by atoms with E-state index in [4.69, 9.17) is 4.42 Å². The fourth-order valence-corrected chi connectivity index (χ4v) is 3.22. The average Bonchev–Trinajstić information content (AvgIpc) is 3.16. The molecule has 0 radical (unpaired) electrons. The number of benzene rings is 1. The lowest BCUT2D eigenvalue weighted by Crippen LogP contribution is -2.43. The van der Waals surface area contributed by atoms with Crippen molar-refractivity contribution in [2.75, 3.05) is 11.9 Å². The minimum atomic E-state index is -0.356. The average molecular weight is 326 g/mol. The molecule has 0 bridgehead atoms. The predicted octanol–water partition coefficient (Wildman–Crippen LogP) is 3.94. The lowest BCUT2D eigenvalue weighted by Gasteiger charge is -2.35. The number of anilines is 1. The van der Waals surface area contributed by atoms with E-state index in [0.29, 0.717) is 11.3 Å². The van der Waals surface area contributed by atoms with E-state index >= 15 is 0 Å². The normalized spacial score (nSPS) is 17.5. The van der Waals surface area contributed by atoms with Crippen LogP contribution in [0.5, 0.6) is 0 Å². The number of amides is 2. The smallest absolute Gasteiger partial charge is 0.291 e. The zero-order chi connectivity index (χ0) is 16.9. The molecule has 24 heavy (non-hydrogen) atoms. The van der Waals surface area contributed by atoms with Crippen molar-refractivity contribution in [3.8, 4) is 0 Å². The van der Waals surface area contributed by atoms with Gasteiger partial charge in [-0.3, -0.25) is 9.59 Å². The quantitative estimate of drug-likeness (QED) is 0.926. The zero-order valence-electron chi connectivity index (χ0n) is 13.8. The number of hydrogen-bond acceptors (Lipinski definition) is 3. The maximum Gasteiger partial charge on any atom is 0.291 e. The molecule has 2 heterocycles. The van der Waals surface area contributed by atoms with Gasteiger partial charge in [0.05, 0.1) is 17.5 Å². The van der Waals surface area contributed by atoms with Crippen molar-refractivity contribution in [2.45, 2.75) is 38.6 Å². The van der Waals surface area contributed by atoms with Gasteiger partial charge in [0.1, 0.15) is 0 Å². The van der Waals surface area contributed by atoms with Crippen molar-refractivity contribution in [3.63, 3.8) is 0 Å². The number of likely N-dealkylation sites (tertiary alicyclic amines) is 1. The van der Waals surface area contributed by atoms with Crippen molar-refractivity contribution in [2.24, 2.45) is 0 Å². The SMILES string of the molecule is CC[C@H]1CCCCN1C(=O)c1ccccc1NC(=O)c1ccco1. The Bertz CT molecular complexity index is 709. The molecular formula is C19H22N2O3. The van der Waals surface area contributed by atoms with Crippen LogP contribution in [0, 0.1) is 0 Å². The molecule has 0 saturated carbocycles. The highest BCUT2D eigenvalue weighted by Gasteiger charge is 2.27. The molecule has 3 rings (SSSR count). The highest BCUT2D eigenvalue weighted by molar-refractivity contribution is 6.07. The van der Waals surface area contributed by atoms with Gasteiger partial charge >= 0.3 is 0 Å². The summed E-state index contributed by atoms with van der Waals surface area (Å²) in [5, 5.41) is 2.79. The molecule has 0 spiro atoms. The topological polar surface area (TPSA) is 62.6 Å². The molecule has 1 aliphatic rings. The first kappa shape index (κ1) is 16.3. The van der Waals surface area contributed by atoms with Crippen LogP contribution >= 0.6 is 0 Å². The number of piperidine rings is 1. The summed E-state index contributed by atoms with van der Waals surface area (Å²) in [5.74, 6) is -0.149. The van der Waals surface area contributed by atoms with Crippen molar-refractivity contribution in [3.05, 3.63) is 54.0 Å². The van der Waals surface area contributed by atoms with Crippen molar-refractivity contribution < 1.29 is 14.0 Å². The largest absolute Gasteiger partial charge is 0.459 e. The van der Waals surface area contributed by atoms with Crippen molar-refractivity contribution in [1.82, 2.24) is 4.90 Å². The summed E-state index contributed by atoms with van der Waals surface area (Å²) in [6.45, 7) is 2.89. The molecule has 5 nitrogen and oxygen atoms in total. The van der Waals surface area contributed by atoms with Gasteiger partial charge in [0, 0.05) is 12.6 Å². The molecule has 1 aromatic carbocycles. The molecule has 0 unspecified atom stereocenters. The molecule has 0 aliphatic carbocycles. The Morgan fingerprint density at radius 1 is 1.21 bits per heavy atom. The second-order valence-corrected chi connectivity index (χ2v) is 6.03. The van der Waals surface area contributed by atoms with E-state index in [1.54, 1.807) is 24.3 Å². The lowest BCUT2D eigenvalue weighted by atomic mass is 9.98. The summed E-state index contributed by atoms with van der Waals surface area (Å²) in [6.07, 6.45) is 5.64. The summed E-state index contributed by atoms with van der Waals surface area (Å²) in [5.41, 5.74) is 1.04. The number of rotatable bonds is 4. The second-order valence-electron chi connectivity index (χ2n) is 6.03. The molecule has 1 atom stereocenters. The third-order valence-corrected chi connectivity index (χ3v) is 4.51. The summed E-state index contributed by atoms with van der Waals surface area (Å²) in [6, 6.07) is 10.7. The highest BCUT2D eigenvalue weighted by Crippen LogP contribution is 2.25. The van der Waals surface area contributed by atoms with Crippen LogP contribution in [0.15, 0.2) is 47.1 Å². The van der Waals surface area contributed by atoms with Gasteiger partial charge in [-0.1, -0.05) is 19.1 Å². The van der Waals surface area contributed by atoms with Gasteiger partial charge in [-0.25, -0.2) is 0 Å². The highest BCUT2D eigenvalue weighted by atomic mass is 16.3. The van der Waals surface area contributed by atoms with Crippen molar-refractivity contribution in [1.29, 1.82) is 0 Å². The van der Waals surface area contributed by atoms with E-state index in [2.05, 4.69) is 12.2 Å². The Labute approximate surface area is 141 Å². The number of carbonyl (C=O) groups is 2. The van der Waals surface area contributed by atoms with Gasteiger partial charge in [0.2, 0.25) is 0 Å². The maximum absolute atomic E-state index is 13.0. The van der Waals surface area contributed by atoms with Gasteiger partial charge < -0.3 is 14.6 Å². The van der Waals surface area contributed by atoms with Crippen LogP contribution in [0.1, 0.15) is 53.5 Å². The summed E-state index contributed by atoms with van der Waals surface area (Å²) >= 11 is 0. The Kier molecular flexibility index (Phi) is 4.99. The van der Waals surface area contributed by atoms with Gasteiger partial charge in [-0.2, -0.15) is 0 Å². The lowest BCUT2D eigenvalue weighted by molar-refractivity contribution is 0.0609. The molecule has 126 valence electrons. The Morgan fingerprint density at radius 2 is 2.04 bits per heavy atom. The van der Waals surface area contributed by atoms with Crippen LogP contribution in [0.4, 0.5) is 5.69 Å². The number of hydrogen-bond donors (Lipinski definition) is 1. The van der Waals surface area contributed by atoms with E-state index in [-0.39, 0.29) is 23.6 Å². The number of furan rings is 1. The van der Waals surface area contributed by atoms with Gasteiger partial charge in [0.15, 0.2) is 5.76 Å². The Morgan fingerprint density at radius 3 is 2.79 bits per heavy atom. The first-order chi connectivity index (χ1) is 11.7. The third kappa shape index (κ3) is 3.35. The minimum Gasteiger partial charge on any atom is -0.459 e. The van der Waals surface area contributed by atoms with E-state index in [1.807, 2.05) is 17.0 Å². The van der Waals surface area contributed by atoms with Crippen LogP contribution < -0.4 is 5.32 Å². The second kappa shape index (κ2) is 7.34. The van der Waals surface area contributed by atoms with E-state index < -0.39 is 0 Å². The van der Waals surface area contributed by atoms with Crippen LogP contribution in [0.3, 0.4) is 0 Å². The minimum absolute atomic E-state index is 0.0168. The molecular weight excluding hydrogens is 304 g/mol. The molecule has 5 heteroatoms. The monoisotopic (exact) mass is 326 g/mol. The first-order valence-corrected chi connectivity index (χ1v) is 8.45. The van der Waals surface area contributed by atoms with Crippen molar-refractivity contribution >= 4 is 17.5 Å². The molecule has 1 fully saturated rings. The van der Waals surface area contributed by atoms with Gasteiger partial charge in [-0.05, 0) is 49.9 Å². The molecule has 2 aromatic rings. The first-order valence-electron chi connectivity index (χ1n) is 8.45. The maximum atomic E-state index is 13.0. The summed E-state index contributed by atoms with van der Waals surface area (Å²) in [7, 11) is 0. The Balaban J connectivity index is 1.83. The molecule has 1 N–H and O–H groups in total. The molecule has 1 aliphatic heterocycles. The fraction of sp³-hybridized carbons (Fsp3) is 0.368. The number of carbonyl (C=O) groups excluding carboxylic acids is 2. The summed E-state index contributed by atoms with van der Waals surface area (Å²) in [4.78, 5) is 27.2.